The fourth-order valence-corrected chi connectivity index (χ4v) is 4.35. The van der Waals surface area contributed by atoms with E-state index in [1.165, 1.54) is 11.3 Å². The minimum atomic E-state index is -0.115. The smallest absolute Gasteiger partial charge is 0.261 e. The third-order valence-corrected chi connectivity index (χ3v) is 6.21. The Bertz CT molecular complexity index is 1230. The van der Waals surface area contributed by atoms with Gasteiger partial charge in [-0.15, -0.1) is 11.3 Å². The summed E-state index contributed by atoms with van der Waals surface area (Å²) in [6, 6.07) is 15.2. The summed E-state index contributed by atoms with van der Waals surface area (Å²) in [6.45, 7) is 0.442. The van der Waals surface area contributed by atoms with Gasteiger partial charge < -0.3 is 19.5 Å². The van der Waals surface area contributed by atoms with Crippen molar-refractivity contribution in [2.45, 2.75) is 6.54 Å². The number of rotatable bonds is 7. The van der Waals surface area contributed by atoms with Crippen LogP contribution in [-0.2, 0) is 13.6 Å². The molecule has 2 heterocycles. The molecule has 2 aromatic carbocycles. The zero-order valence-electron chi connectivity index (χ0n) is 17.8. The lowest BCUT2D eigenvalue weighted by Gasteiger charge is -2.08. The summed E-state index contributed by atoms with van der Waals surface area (Å²) in [5.41, 5.74) is 2.69. The average Bonchev–Trinajstić information content (AvgIpc) is 3.38. The van der Waals surface area contributed by atoms with Gasteiger partial charge >= 0.3 is 0 Å². The van der Waals surface area contributed by atoms with Gasteiger partial charge in [0.1, 0.15) is 16.3 Å². The molecule has 160 valence electrons. The predicted octanol–water partition coefficient (Wildman–Crippen LogP) is 4.26. The van der Waals surface area contributed by atoms with Crippen LogP contribution in [0.5, 0.6) is 17.2 Å². The molecule has 8 heteroatoms. The first kappa shape index (κ1) is 20.7. The fraction of sp³-hybridized carbons (Fsp3) is 0.217. The molecule has 0 saturated heterocycles. The quantitative estimate of drug-likeness (QED) is 0.468. The first-order valence-corrected chi connectivity index (χ1v) is 10.5. The summed E-state index contributed by atoms with van der Waals surface area (Å²) in [4.78, 5) is 14.3. The molecule has 7 nitrogen and oxygen atoms in total. The first-order chi connectivity index (χ1) is 15.0. The van der Waals surface area contributed by atoms with Gasteiger partial charge in [0.05, 0.1) is 26.2 Å². The van der Waals surface area contributed by atoms with Gasteiger partial charge in [0, 0.05) is 24.5 Å². The van der Waals surface area contributed by atoms with Crippen molar-refractivity contribution >= 4 is 27.5 Å². The molecule has 0 bridgehead atoms. The van der Waals surface area contributed by atoms with E-state index in [1.807, 2.05) is 55.6 Å². The van der Waals surface area contributed by atoms with Crippen molar-refractivity contribution in [3.8, 4) is 28.5 Å². The number of thiophene rings is 1. The number of methoxy groups -OCH3 is 3. The van der Waals surface area contributed by atoms with Crippen molar-refractivity contribution in [2.75, 3.05) is 21.3 Å². The second-order valence-corrected chi connectivity index (χ2v) is 7.93. The third-order valence-electron chi connectivity index (χ3n) is 5.00. The second-order valence-electron chi connectivity index (χ2n) is 6.90. The van der Waals surface area contributed by atoms with Crippen LogP contribution in [-0.4, -0.2) is 37.0 Å². The topological polar surface area (TPSA) is 74.6 Å². The molecule has 0 spiro atoms. The van der Waals surface area contributed by atoms with E-state index in [-0.39, 0.29) is 5.91 Å². The first-order valence-electron chi connectivity index (χ1n) is 9.64. The molecule has 4 aromatic rings. The highest BCUT2D eigenvalue weighted by molar-refractivity contribution is 7.20. The van der Waals surface area contributed by atoms with Crippen molar-refractivity contribution in [2.24, 2.45) is 7.05 Å². The van der Waals surface area contributed by atoms with Gasteiger partial charge in [0.2, 0.25) is 0 Å². The third kappa shape index (κ3) is 4.06. The molecule has 0 atom stereocenters. The highest BCUT2D eigenvalue weighted by atomic mass is 32.1. The lowest BCUT2D eigenvalue weighted by atomic mass is 10.1. The van der Waals surface area contributed by atoms with Crippen LogP contribution in [0.1, 0.15) is 15.2 Å². The molecule has 0 unspecified atom stereocenters. The summed E-state index contributed by atoms with van der Waals surface area (Å²) in [6.07, 6.45) is 0. The van der Waals surface area contributed by atoms with Crippen molar-refractivity contribution in [3.05, 3.63) is 59.0 Å². The number of hydrogen-bond donors (Lipinski definition) is 1. The van der Waals surface area contributed by atoms with E-state index in [4.69, 9.17) is 14.2 Å². The number of nitrogens with zero attached hydrogens (tertiary/aromatic N) is 2. The molecule has 2 aromatic heterocycles. The number of carbonyl (C=O) groups excluding carboxylic acids is 1. The second kappa shape index (κ2) is 8.69. The number of carbonyl (C=O) groups is 1. The molecule has 4 rings (SSSR count). The Morgan fingerprint density at radius 3 is 2.42 bits per heavy atom. The van der Waals surface area contributed by atoms with Crippen LogP contribution in [0.25, 0.3) is 21.5 Å². The van der Waals surface area contributed by atoms with E-state index in [0.717, 1.165) is 32.8 Å². The van der Waals surface area contributed by atoms with Gasteiger partial charge in [-0.3, -0.25) is 9.48 Å². The molecule has 0 fully saturated rings. The molecule has 0 aliphatic carbocycles. The van der Waals surface area contributed by atoms with Gasteiger partial charge in [-0.1, -0.05) is 12.1 Å². The number of aryl methyl sites for hydroxylation is 1. The lowest BCUT2D eigenvalue weighted by molar-refractivity contribution is 0.0955. The Hall–Kier alpha value is -3.52. The molecule has 31 heavy (non-hydrogen) atoms. The molecular weight excluding hydrogens is 414 g/mol. The minimum absolute atomic E-state index is 0.115. The molecule has 0 radical (unpaired) electrons. The predicted molar refractivity (Wildman–Crippen MR) is 121 cm³/mol. The van der Waals surface area contributed by atoms with Crippen molar-refractivity contribution in [3.63, 3.8) is 0 Å². The van der Waals surface area contributed by atoms with Gasteiger partial charge in [-0.2, -0.15) is 5.10 Å². The van der Waals surface area contributed by atoms with E-state index < -0.39 is 0 Å². The van der Waals surface area contributed by atoms with E-state index in [0.29, 0.717) is 22.9 Å². The average molecular weight is 438 g/mol. The molecule has 0 aliphatic heterocycles. The van der Waals surface area contributed by atoms with Crippen molar-refractivity contribution in [1.29, 1.82) is 0 Å². The molecular formula is C23H23N3O4S. The van der Waals surface area contributed by atoms with E-state index >= 15 is 0 Å². The molecule has 1 amide bonds. The Morgan fingerprint density at radius 2 is 1.74 bits per heavy atom. The number of benzene rings is 2. The molecule has 1 N–H and O–H groups in total. The van der Waals surface area contributed by atoms with Crippen LogP contribution >= 0.6 is 11.3 Å². The molecule has 0 aliphatic rings. The van der Waals surface area contributed by atoms with E-state index in [1.54, 1.807) is 26.0 Å². The lowest BCUT2D eigenvalue weighted by Crippen LogP contribution is -2.21. The van der Waals surface area contributed by atoms with Gasteiger partial charge in [-0.05, 0) is 42.0 Å². The van der Waals surface area contributed by atoms with Crippen molar-refractivity contribution < 1.29 is 19.0 Å². The van der Waals surface area contributed by atoms with Crippen LogP contribution in [0.2, 0.25) is 0 Å². The van der Waals surface area contributed by atoms with Crippen molar-refractivity contribution in [1.82, 2.24) is 15.1 Å². The van der Waals surface area contributed by atoms with Crippen LogP contribution in [0.4, 0.5) is 0 Å². The number of fused-ring (bicyclic) bond motifs is 1. The number of nitrogens with one attached hydrogen (secondary N) is 1. The normalized spacial score (nSPS) is 10.8. The van der Waals surface area contributed by atoms with Crippen LogP contribution in [0.3, 0.4) is 0 Å². The molecule has 0 saturated carbocycles. The fourth-order valence-electron chi connectivity index (χ4n) is 3.36. The maximum atomic E-state index is 12.8. The maximum absolute atomic E-state index is 12.8. The van der Waals surface area contributed by atoms with Gasteiger partial charge in [0.15, 0.2) is 11.5 Å². The zero-order valence-corrected chi connectivity index (χ0v) is 18.6. The van der Waals surface area contributed by atoms with Gasteiger partial charge in [0.25, 0.3) is 5.91 Å². The van der Waals surface area contributed by atoms with Crippen LogP contribution in [0.15, 0.2) is 48.5 Å². The monoisotopic (exact) mass is 437 g/mol. The highest BCUT2D eigenvalue weighted by Gasteiger charge is 2.19. The summed E-state index contributed by atoms with van der Waals surface area (Å²) >= 11 is 1.42. The largest absolute Gasteiger partial charge is 0.497 e. The maximum Gasteiger partial charge on any atom is 0.261 e. The summed E-state index contributed by atoms with van der Waals surface area (Å²) in [5, 5.41) is 8.55. The number of aromatic nitrogens is 2. The number of hydrogen-bond acceptors (Lipinski definition) is 6. The SMILES string of the molecule is COc1ccc(CNC(=O)c2cc3c(-c4ccc(OC)c(OC)c4)nn(C)c3s2)cc1. The van der Waals surface area contributed by atoms with E-state index in [9.17, 15) is 4.79 Å². The Labute approximate surface area is 184 Å². The van der Waals surface area contributed by atoms with Gasteiger partial charge in [-0.25, -0.2) is 0 Å². The highest BCUT2D eigenvalue weighted by Crippen LogP contribution is 2.37. The van der Waals surface area contributed by atoms with E-state index in [2.05, 4.69) is 10.4 Å². The summed E-state index contributed by atoms with van der Waals surface area (Å²) in [5.74, 6) is 1.96. The summed E-state index contributed by atoms with van der Waals surface area (Å²) < 4.78 is 17.7. The minimum Gasteiger partial charge on any atom is -0.497 e. The number of ether oxygens (including phenoxy) is 3. The van der Waals surface area contributed by atoms with Crippen LogP contribution < -0.4 is 19.5 Å². The zero-order chi connectivity index (χ0) is 22.0. The number of amides is 1. The Balaban J connectivity index is 1.59. The van der Waals surface area contributed by atoms with Crippen LogP contribution in [0, 0.1) is 0 Å². The Morgan fingerprint density at radius 1 is 1.00 bits per heavy atom. The summed E-state index contributed by atoms with van der Waals surface area (Å²) in [7, 11) is 6.71. The Kier molecular flexibility index (Phi) is 5.81. The standard InChI is InChI=1S/C23H23N3O4S/c1-26-23-17(21(25-26)15-7-10-18(29-3)19(11-15)30-4)12-20(31-23)22(27)24-13-14-5-8-16(28-2)9-6-14/h5-12H,13H2,1-4H3,(H,24,27).